The van der Waals surface area contributed by atoms with E-state index in [1.807, 2.05) is 0 Å². The van der Waals surface area contributed by atoms with E-state index >= 15 is 0 Å². The second-order valence-electron chi connectivity index (χ2n) is 3.75. The van der Waals surface area contributed by atoms with Crippen molar-refractivity contribution >= 4 is 33.5 Å². The molecule has 0 atom stereocenters. The summed E-state index contributed by atoms with van der Waals surface area (Å²) in [7, 11) is 0. The van der Waals surface area contributed by atoms with Crippen LogP contribution in [0.3, 0.4) is 0 Å². The van der Waals surface area contributed by atoms with Crippen molar-refractivity contribution in [2.24, 2.45) is 0 Å². The van der Waals surface area contributed by atoms with Crippen molar-refractivity contribution in [2.75, 3.05) is 0 Å². The third kappa shape index (κ3) is 1.56. The average molecular weight is 247 g/mol. The fourth-order valence-corrected chi connectivity index (χ4v) is 1.99. The average Bonchev–Trinajstić information content (AvgIpc) is 2.30. The zero-order chi connectivity index (χ0) is 12.0. The maximum atomic E-state index is 12.2. The molecule has 0 spiro atoms. The summed E-state index contributed by atoms with van der Waals surface area (Å²) in [6.45, 7) is 0. The van der Waals surface area contributed by atoms with E-state index < -0.39 is 0 Å². The summed E-state index contributed by atoms with van der Waals surface area (Å²) in [5.41, 5.74) is 0.672. The predicted molar refractivity (Wildman–Crippen MR) is 66.7 cm³/mol. The smallest absolute Gasteiger partial charge is 0.200 e. The van der Waals surface area contributed by atoms with Gasteiger partial charge in [0.15, 0.2) is 0 Å². The molecule has 0 bridgehead atoms. The molecule has 0 amide bonds. The molecule has 1 aromatic heterocycles. The van der Waals surface area contributed by atoms with Crippen molar-refractivity contribution in [1.29, 1.82) is 0 Å². The Morgan fingerprint density at radius 1 is 1.00 bits per heavy atom. The molecule has 0 saturated carbocycles. The molecule has 0 saturated heterocycles. The molecule has 1 heterocycles. The van der Waals surface area contributed by atoms with Crippen LogP contribution in [0.1, 0.15) is 0 Å². The second kappa shape index (κ2) is 3.50. The van der Waals surface area contributed by atoms with Crippen molar-refractivity contribution in [1.82, 2.24) is 0 Å². The van der Waals surface area contributed by atoms with E-state index in [-0.39, 0.29) is 11.2 Å². The first-order valence-electron chi connectivity index (χ1n) is 5.00. The Kier molecular flexibility index (Phi) is 2.09. The van der Waals surface area contributed by atoms with Crippen molar-refractivity contribution < 1.29 is 9.52 Å². The Labute approximate surface area is 101 Å². The summed E-state index contributed by atoms with van der Waals surface area (Å²) in [6.07, 6.45) is 0. The topological polar surface area (TPSA) is 50.4 Å². The molecule has 17 heavy (non-hydrogen) atoms. The van der Waals surface area contributed by atoms with Gasteiger partial charge in [-0.2, -0.15) is 0 Å². The minimum Gasteiger partial charge on any atom is -0.508 e. The van der Waals surface area contributed by atoms with Crippen LogP contribution in [-0.4, -0.2) is 5.11 Å². The lowest BCUT2D eigenvalue weighted by atomic mass is 10.1. The van der Waals surface area contributed by atoms with E-state index in [4.69, 9.17) is 16.0 Å². The molecule has 0 radical (unpaired) electrons. The Morgan fingerprint density at radius 2 is 1.82 bits per heavy atom. The van der Waals surface area contributed by atoms with Gasteiger partial charge in [0.05, 0.1) is 10.8 Å². The highest BCUT2D eigenvalue weighted by atomic mass is 35.5. The molecule has 2 aromatic carbocycles. The van der Waals surface area contributed by atoms with Gasteiger partial charge in [-0.3, -0.25) is 4.79 Å². The molecule has 0 fully saturated rings. The quantitative estimate of drug-likeness (QED) is 0.619. The van der Waals surface area contributed by atoms with Crippen molar-refractivity contribution in [3.8, 4) is 5.75 Å². The Morgan fingerprint density at radius 3 is 2.65 bits per heavy atom. The van der Waals surface area contributed by atoms with Gasteiger partial charge >= 0.3 is 0 Å². The third-order valence-corrected chi connectivity index (χ3v) is 2.85. The minimum absolute atomic E-state index is 0.0639. The van der Waals surface area contributed by atoms with Gasteiger partial charge in [-0.05, 0) is 30.3 Å². The zero-order valence-electron chi connectivity index (χ0n) is 8.61. The van der Waals surface area contributed by atoms with E-state index in [0.29, 0.717) is 27.0 Å². The minimum atomic E-state index is -0.149. The van der Waals surface area contributed by atoms with Gasteiger partial charge in [0.25, 0.3) is 0 Å². The number of hydrogen-bond donors (Lipinski definition) is 1. The van der Waals surface area contributed by atoms with E-state index in [1.165, 1.54) is 18.2 Å². The number of phenolic OH excluding ortho intramolecular Hbond substituents is 1. The molecule has 3 aromatic rings. The van der Waals surface area contributed by atoms with Crippen molar-refractivity contribution in [3.05, 3.63) is 51.6 Å². The SMILES string of the molecule is O=c1c2ccc(O)cc2oc2ccc(Cl)cc12. The predicted octanol–water partition coefficient (Wildman–Crippen LogP) is 3.31. The fraction of sp³-hybridized carbons (Fsp3) is 0. The summed E-state index contributed by atoms with van der Waals surface area (Å²) >= 11 is 5.85. The molecular weight excluding hydrogens is 240 g/mol. The van der Waals surface area contributed by atoms with Crippen LogP contribution in [0.25, 0.3) is 21.9 Å². The van der Waals surface area contributed by atoms with Crippen LogP contribution in [0, 0.1) is 0 Å². The lowest BCUT2D eigenvalue weighted by Gasteiger charge is -2.01. The van der Waals surface area contributed by atoms with Crippen LogP contribution in [0.5, 0.6) is 5.75 Å². The summed E-state index contributed by atoms with van der Waals surface area (Å²) < 4.78 is 5.54. The monoisotopic (exact) mass is 246 g/mol. The van der Waals surface area contributed by atoms with Gasteiger partial charge in [-0.15, -0.1) is 0 Å². The first kappa shape index (κ1) is 10.2. The summed E-state index contributed by atoms with van der Waals surface area (Å²) in [4.78, 5) is 12.2. The van der Waals surface area contributed by atoms with Gasteiger partial charge in [0.1, 0.15) is 16.9 Å². The molecule has 84 valence electrons. The summed E-state index contributed by atoms with van der Waals surface area (Å²) in [6, 6.07) is 9.29. The standard InChI is InChI=1S/C13H7ClO3/c14-7-1-4-11-10(5-7)13(16)9-3-2-8(15)6-12(9)17-11/h1-6,15H. The van der Waals surface area contributed by atoms with Crippen molar-refractivity contribution in [3.63, 3.8) is 0 Å². The number of benzene rings is 2. The van der Waals surface area contributed by atoms with E-state index in [1.54, 1.807) is 18.2 Å². The van der Waals surface area contributed by atoms with Crippen LogP contribution in [-0.2, 0) is 0 Å². The number of hydrogen-bond acceptors (Lipinski definition) is 3. The number of aromatic hydroxyl groups is 1. The molecule has 3 nitrogen and oxygen atoms in total. The largest absolute Gasteiger partial charge is 0.508 e. The van der Waals surface area contributed by atoms with Crippen LogP contribution in [0.2, 0.25) is 5.02 Å². The molecule has 0 aliphatic heterocycles. The van der Waals surface area contributed by atoms with Crippen LogP contribution in [0.15, 0.2) is 45.6 Å². The normalized spacial score (nSPS) is 11.1. The van der Waals surface area contributed by atoms with E-state index in [0.717, 1.165) is 0 Å². The summed E-state index contributed by atoms with van der Waals surface area (Å²) in [5.74, 6) is 0.0639. The molecule has 4 heteroatoms. The lowest BCUT2D eigenvalue weighted by Crippen LogP contribution is -2.01. The number of rotatable bonds is 0. The second-order valence-corrected chi connectivity index (χ2v) is 4.19. The van der Waals surface area contributed by atoms with E-state index in [2.05, 4.69) is 0 Å². The highest BCUT2D eigenvalue weighted by Gasteiger charge is 2.08. The maximum absolute atomic E-state index is 12.2. The number of fused-ring (bicyclic) bond motifs is 2. The van der Waals surface area contributed by atoms with Gasteiger partial charge in [0, 0.05) is 11.1 Å². The van der Waals surface area contributed by atoms with Gasteiger partial charge in [-0.25, -0.2) is 0 Å². The third-order valence-electron chi connectivity index (χ3n) is 2.62. The van der Waals surface area contributed by atoms with Crippen LogP contribution < -0.4 is 5.43 Å². The summed E-state index contributed by atoms with van der Waals surface area (Å²) in [5, 5.41) is 10.7. The molecule has 3 rings (SSSR count). The highest BCUT2D eigenvalue weighted by Crippen LogP contribution is 2.23. The molecule has 0 aliphatic carbocycles. The molecule has 0 unspecified atom stereocenters. The first-order valence-corrected chi connectivity index (χ1v) is 5.38. The Hall–Kier alpha value is -2.00. The number of phenols is 1. The van der Waals surface area contributed by atoms with Gasteiger partial charge in [-0.1, -0.05) is 11.6 Å². The lowest BCUT2D eigenvalue weighted by molar-refractivity contribution is 0.474. The molecule has 0 aliphatic rings. The highest BCUT2D eigenvalue weighted by molar-refractivity contribution is 6.31. The number of halogens is 1. The van der Waals surface area contributed by atoms with Gasteiger partial charge < -0.3 is 9.52 Å². The van der Waals surface area contributed by atoms with Crippen LogP contribution >= 0.6 is 11.6 Å². The van der Waals surface area contributed by atoms with Gasteiger partial charge in [0.2, 0.25) is 5.43 Å². The Balaban J connectivity index is 2.57. The Bertz CT molecular complexity index is 790. The molecular formula is C13H7ClO3. The molecule has 1 N–H and O–H groups in total. The van der Waals surface area contributed by atoms with Crippen molar-refractivity contribution in [2.45, 2.75) is 0 Å². The van der Waals surface area contributed by atoms with Crippen LogP contribution in [0.4, 0.5) is 0 Å². The van der Waals surface area contributed by atoms with E-state index in [9.17, 15) is 9.90 Å². The zero-order valence-corrected chi connectivity index (χ0v) is 9.36. The maximum Gasteiger partial charge on any atom is 0.200 e. The first-order chi connectivity index (χ1) is 8.15. The fourth-order valence-electron chi connectivity index (χ4n) is 1.82.